The van der Waals surface area contributed by atoms with Gasteiger partial charge in [-0.2, -0.15) is 0 Å². The first kappa shape index (κ1) is 27.5. The molecule has 0 saturated carbocycles. The average Bonchev–Trinajstić information content (AvgIpc) is 3.75. The van der Waals surface area contributed by atoms with Crippen LogP contribution < -0.4 is 4.90 Å². The second-order valence-electron chi connectivity index (χ2n) is 12.5. The number of para-hydroxylation sites is 2. The fourth-order valence-corrected chi connectivity index (χ4v) is 7.35. The van der Waals surface area contributed by atoms with E-state index in [1.165, 1.54) is 21.9 Å². The van der Waals surface area contributed by atoms with Gasteiger partial charge in [-0.15, -0.1) is 0 Å². The molecule has 2 aromatic heterocycles. The minimum absolute atomic E-state index is 0.837. The van der Waals surface area contributed by atoms with E-state index in [1.807, 2.05) is 18.2 Å². The zero-order chi connectivity index (χ0) is 32.3. The molecule has 3 nitrogen and oxygen atoms in total. The van der Waals surface area contributed by atoms with Crippen LogP contribution in [0.2, 0.25) is 0 Å². The monoisotopic (exact) mass is 627 g/mol. The maximum Gasteiger partial charge on any atom is 0.159 e. The Labute approximate surface area is 282 Å². The molecule has 0 N–H and O–H groups in total. The SMILES string of the molecule is c1ccc(-c2ccc(N(c3ccc4c(c3)oc3c(-c5ccccc5)cc5ccccc5c34)c3cccc4c3oc3ccccc34)cc2)cc1. The second kappa shape index (κ2) is 11.0. The van der Waals surface area contributed by atoms with Crippen molar-refractivity contribution >= 4 is 71.7 Å². The number of furan rings is 2. The van der Waals surface area contributed by atoms with Gasteiger partial charge in [0.1, 0.15) is 16.7 Å². The number of rotatable bonds is 5. The quantitative estimate of drug-likeness (QED) is 0.190. The van der Waals surface area contributed by atoms with Crippen LogP contribution in [0.1, 0.15) is 0 Å². The van der Waals surface area contributed by atoms with Crippen LogP contribution in [0.3, 0.4) is 0 Å². The summed E-state index contributed by atoms with van der Waals surface area (Å²) < 4.78 is 13.5. The Morgan fingerprint density at radius 1 is 0.367 bits per heavy atom. The fraction of sp³-hybridized carbons (Fsp3) is 0. The van der Waals surface area contributed by atoms with Gasteiger partial charge in [-0.3, -0.25) is 0 Å². The van der Waals surface area contributed by atoms with Crippen LogP contribution in [0.25, 0.3) is 76.9 Å². The number of anilines is 3. The van der Waals surface area contributed by atoms with Crippen molar-refractivity contribution in [1.82, 2.24) is 0 Å². The molecule has 230 valence electrons. The zero-order valence-corrected chi connectivity index (χ0v) is 26.5. The van der Waals surface area contributed by atoms with Gasteiger partial charge in [0.15, 0.2) is 5.58 Å². The van der Waals surface area contributed by atoms with Gasteiger partial charge in [-0.1, -0.05) is 127 Å². The average molecular weight is 628 g/mol. The third-order valence-corrected chi connectivity index (χ3v) is 9.65. The first-order valence-electron chi connectivity index (χ1n) is 16.6. The van der Waals surface area contributed by atoms with Crippen molar-refractivity contribution in [3.8, 4) is 22.3 Å². The molecule has 0 aliphatic rings. The van der Waals surface area contributed by atoms with E-state index in [-0.39, 0.29) is 0 Å². The lowest BCUT2D eigenvalue weighted by atomic mass is 9.96. The Kier molecular flexibility index (Phi) is 6.18. The summed E-state index contributed by atoms with van der Waals surface area (Å²) in [6.07, 6.45) is 0. The summed E-state index contributed by atoms with van der Waals surface area (Å²) in [5.41, 5.74) is 11.0. The normalized spacial score (nSPS) is 11.7. The first-order chi connectivity index (χ1) is 24.3. The van der Waals surface area contributed by atoms with E-state index in [4.69, 9.17) is 8.83 Å². The van der Waals surface area contributed by atoms with Gasteiger partial charge in [0.2, 0.25) is 0 Å². The molecule has 0 atom stereocenters. The van der Waals surface area contributed by atoms with E-state index in [1.54, 1.807) is 0 Å². The summed E-state index contributed by atoms with van der Waals surface area (Å²) in [6.45, 7) is 0. The van der Waals surface area contributed by atoms with Crippen molar-refractivity contribution in [2.24, 2.45) is 0 Å². The highest BCUT2D eigenvalue weighted by atomic mass is 16.3. The molecular weight excluding hydrogens is 599 g/mol. The van der Waals surface area contributed by atoms with E-state index < -0.39 is 0 Å². The number of benzene rings is 8. The van der Waals surface area contributed by atoms with Gasteiger partial charge in [0.25, 0.3) is 0 Å². The van der Waals surface area contributed by atoms with Crippen molar-refractivity contribution in [2.75, 3.05) is 4.90 Å². The lowest BCUT2D eigenvalue weighted by Gasteiger charge is -2.25. The molecule has 0 bridgehead atoms. The molecule has 49 heavy (non-hydrogen) atoms. The van der Waals surface area contributed by atoms with Crippen molar-refractivity contribution in [1.29, 1.82) is 0 Å². The number of fused-ring (bicyclic) bond motifs is 8. The van der Waals surface area contributed by atoms with Gasteiger partial charge < -0.3 is 13.7 Å². The number of hydrogen-bond acceptors (Lipinski definition) is 3. The summed E-state index contributed by atoms with van der Waals surface area (Å²) in [4.78, 5) is 2.28. The van der Waals surface area contributed by atoms with Crippen LogP contribution in [0.15, 0.2) is 185 Å². The smallest absolute Gasteiger partial charge is 0.159 e. The van der Waals surface area contributed by atoms with Gasteiger partial charge in [0.05, 0.1) is 11.4 Å². The summed E-state index contributed by atoms with van der Waals surface area (Å²) in [5, 5.41) is 6.79. The number of hydrogen-bond donors (Lipinski definition) is 0. The molecule has 2 heterocycles. The van der Waals surface area contributed by atoms with Crippen molar-refractivity contribution in [3.63, 3.8) is 0 Å². The maximum absolute atomic E-state index is 6.87. The molecule has 10 rings (SSSR count). The molecule has 10 aromatic rings. The molecular formula is C46H29NO2. The van der Waals surface area contributed by atoms with Gasteiger partial charge in [-0.05, 0) is 69.9 Å². The molecule has 3 heteroatoms. The molecule has 0 fully saturated rings. The Balaban J connectivity index is 1.22. The Morgan fingerprint density at radius 3 is 1.82 bits per heavy atom. The lowest BCUT2D eigenvalue weighted by molar-refractivity contribution is 0.668. The summed E-state index contributed by atoms with van der Waals surface area (Å²) >= 11 is 0. The van der Waals surface area contributed by atoms with E-state index in [0.29, 0.717) is 0 Å². The van der Waals surface area contributed by atoms with Crippen LogP contribution in [0.5, 0.6) is 0 Å². The summed E-state index contributed by atoms with van der Waals surface area (Å²) in [6, 6.07) is 61.8. The van der Waals surface area contributed by atoms with Crippen LogP contribution in [0.4, 0.5) is 17.1 Å². The highest BCUT2D eigenvalue weighted by molar-refractivity contribution is 6.23. The predicted molar refractivity (Wildman–Crippen MR) is 204 cm³/mol. The third-order valence-electron chi connectivity index (χ3n) is 9.65. The zero-order valence-electron chi connectivity index (χ0n) is 26.5. The van der Waals surface area contributed by atoms with Crippen molar-refractivity contribution < 1.29 is 8.83 Å². The van der Waals surface area contributed by atoms with Crippen molar-refractivity contribution in [2.45, 2.75) is 0 Å². The Bertz CT molecular complexity index is 2810. The van der Waals surface area contributed by atoms with Crippen molar-refractivity contribution in [3.05, 3.63) is 176 Å². The van der Waals surface area contributed by atoms with Crippen LogP contribution in [0, 0.1) is 0 Å². The predicted octanol–water partition coefficient (Wildman–Crippen LogP) is 13.4. The standard InChI is InChI=1S/C46H29NO2/c1-3-12-30(13-4-1)31-22-24-34(25-23-31)47(41-20-11-19-38-37-18-9-10-21-42(37)48-45(38)41)35-26-27-39-43(29-35)49-46-40(32-14-5-2-6-15-32)28-33-16-7-8-17-36(33)44(39)46/h1-29H. The van der Waals surface area contributed by atoms with E-state index in [0.717, 1.165) is 72.1 Å². The topological polar surface area (TPSA) is 29.5 Å². The molecule has 0 amide bonds. The Hall–Kier alpha value is -6.58. The van der Waals surface area contributed by atoms with E-state index >= 15 is 0 Å². The fourth-order valence-electron chi connectivity index (χ4n) is 7.35. The van der Waals surface area contributed by atoms with Gasteiger partial charge >= 0.3 is 0 Å². The van der Waals surface area contributed by atoms with Gasteiger partial charge in [0, 0.05) is 38.9 Å². The summed E-state index contributed by atoms with van der Waals surface area (Å²) in [5.74, 6) is 0. The number of nitrogens with zero attached hydrogens (tertiary/aromatic N) is 1. The molecule has 8 aromatic carbocycles. The van der Waals surface area contributed by atoms with E-state index in [9.17, 15) is 0 Å². The largest absolute Gasteiger partial charge is 0.455 e. The second-order valence-corrected chi connectivity index (χ2v) is 12.5. The van der Waals surface area contributed by atoms with E-state index in [2.05, 4.69) is 163 Å². The maximum atomic E-state index is 6.87. The summed E-state index contributed by atoms with van der Waals surface area (Å²) in [7, 11) is 0. The molecule has 0 aliphatic heterocycles. The minimum Gasteiger partial charge on any atom is -0.455 e. The molecule has 0 aliphatic carbocycles. The molecule has 0 saturated heterocycles. The van der Waals surface area contributed by atoms with Gasteiger partial charge in [-0.25, -0.2) is 0 Å². The first-order valence-corrected chi connectivity index (χ1v) is 16.6. The molecule has 0 spiro atoms. The lowest BCUT2D eigenvalue weighted by Crippen LogP contribution is -2.10. The van der Waals surface area contributed by atoms with Crippen LogP contribution in [-0.2, 0) is 0 Å². The third kappa shape index (κ3) is 4.44. The molecule has 0 radical (unpaired) electrons. The Morgan fingerprint density at radius 2 is 1.00 bits per heavy atom. The minimum atomic E-state index is 0.837. The highest BCUT2D eigenvalue weighted by Gasteiger charge is 2.22. The van der Waals surface area contributed by atoms with Crippen LogP contribution in [-0.4, -0.2) is 0 Å². The molecule has 0 unspecified atom stereocenters. The highest BCUT2D eigenvalue weighted by Crippen LogP contribution is 2.46. The van der Waals surface area contributed by atoms with Crippen LogP contribution >= 0.6 is 0 Å².